The Balaban J connectivity index is 3.35. The smallest absolute Gasteiger partial charge is 0.269 e. The van der Waals surface area contributed by atoms with E-state index in [1.807, 2.05) is 0 Å². The van der Waals surface area contributed by atoms with Crippen LogP contribution in [0.15, 0.2) is 11.0 Å². The van der Waals surface area contributed by atoms with Gasteiger partial charge in [0.1, 0.15) is 0 Å². The number of H-pyrrole nitrogens is 1. The van der Waals surface area contributed by atoms with E-state index in [1.165, 1.54) is 14.2 Å². The SMILES string of the molecule is COc1[nH]cc(C(F)F)c(=O)c1OC. The van der Waals surface area contributed by atoms with Crippen LogP contribution in [-0.4, -0.2) is 19.2 Å². The molecule has 1 heterocycles. The van der Waals surface area contributed by atoms with Crippen LogP contribution in [0.4, 0.5) is 8.78 Å². The van der Waals surface area contributed by atoms with Gasteiger partial charge in [-0.15, -0.1) is 0 Å². The van der Waals surface area contributed by atoms with Crippen LogP contribution in [0.5, 0.6) is 11.6 Å². The fraction of sp³-hybridized carbons (Fsp3) is 0.375. The zero-order valence-electron chi connectivity index (χ0n) is 7.64. The standard InChI is InChI=1S/C8H9F2NO3/c1-13-6-5(12)4(7(9)10)3-11-8(6)14-2/h3,7H,1-2H3,(H,11,12). The molecule has 0 aliphatic rings. The Bertz CT molecular complexity index is 375. The maximum Gasteiger partial charge on any atom is 0.269 e. The first-order valence-electron chi connectivity index (χ1n) is 3.73. The van der Waals surface area contributed by atoms with Gasteiger partial charge in [-0.05, 0) is 0 Å². The fourth-order valence-electron chi connectivity index (χ4n) is 1.01. The van der Waals surface area contributed by atoms with Crippen LogP contribution in [0.25, 0.3) is 0 Å². The summed E-state index contributed by atoms with van der Waals surface area (Å²) in [5.74, 6) is -0.216. The lowest BCUT2D eigenvalue weighted by Crippen LogP contribution is -2.14. The first-order chi connectivity index (χ1) is 6.61. The highest BCUT2D eigenvalue weighted by Crippen LogP contribution is 2.23. The summed E-state index contributed by atoms with van der Waals surface area (Å²) in [5.41, 5.74) is -1.50. The van der Waals surface area contributed by atoms with E-state index >= 15 is 0 Å². The first kappa shape index (κ1) is 10.5. The topological polar surface area (TPSA) is 51.3 Å². The number of rotatable bonds is 3. The summed E-state index contributed by atoms with van der Waals surface area (Å²) >= 11 is 0. The lowest BCUT2D eigenvalue weighted by molar-refractivity contribution is 0.149. The van der Waals surface area contributed by atoms with Crippen LogP contribution >= 0.6 is 0 Å². The molecule has 1 aromatic heterocycles. The van der Waals surface area contributed by atoms with E-state index in [1.54, 1.807) is 0 Å². The van der Waals surface area contributed by atoms with Crippen molar-refractivity contribution in [1.82, 2.24) is 4.98 Å². The van der Waals surface area contributed by atoms with Gasteiger partial charge in [-0.25, -0.2) is 8.78 Å². The Morgan fingerprint density at radius 3 is 2.43 bits per heavy atom. The number of ether oxygens (including phenoxy) is 2. The monoisotopic (exact) mass is 205 g/mol. The van der Waals surface area contributed by atoms with Gasteiger partial charge in [0.25, 0.3) is 6.43 Å². The molecule has 0 saturated carbocycles. The van der Waals surface area contributed by atoms with Crippen molar-refractivity contribution >= 4 is 0 Å². The third-order valence-corrected chi connectivity index (χ3v) is 1.68. The average molecular weight is 205 g/mol. The van der Waals surface area contributed by atoms with E-state index in [0.29, 0.717) is 0 Å². The molecule has 0 aromatic carbocycles. The highest BCUT2D eigenvalue weighted by atomic mass is 19.3. The molecule has 0 aliphatic heterocycles. The summed E-state index contributed by atoms with van der Waals surface area (Å²) in [5, 5.41) is 0. The Hall–Kier alpha value is -1.59. The third kappa shape index (κ3) is 1.68. The van der Waals surface area contributed by atoms with E-state index in [2.05, 4.69) is 9.72 Å². The lowest BCUT2D eigenvalue weighted by Gasteiger charge is -2.07. The number of alkyl halides is 2. The molecule has 0 aliphatic carbocycles. The van der Waals surface area contributed by atoms with Crippen LogP contribution in [0.1, 0.15) is 12.0 Å². The molecule has 0 spiro atoms. The minimum atomic E-state index is -2.83. The van der Waals surface area contributed by atoms with Gasteiger partial charge in [0.15, 0.2) is 0 Å². The summed E-state index contributed by atoms with van der Waals surface area (Å²) in [6, 6.07) is 0. The summed E-state index contributed by atoms with van der Waals surface area (Å²) in [4.78, 5) is 13.7. The largest absolute Gasteiger partial charge is 0.488 e. The molecule has 0 radical (unpaired) electrons. The second kappa shape index (κ2) is 4.08. The molecule has 78 valence electrons. The Morgan fingerprint density at radius 2 is 2.00 bits per heavy atom. The van der Waals surface area contributed by atoms with E-state index < -0.39 is 17.4 Å². The van der Waals surface area contributed by atoms with E-state index in [9.17, 15) is 13.6 Å². The number of hydrogen-bond donors (Lipinski definition) is 1. The number of pyridine rings is 1. The van der Waals surface area contributed by atoms with Crippen molar-refractivity contribution in [2.45, 2.75) is 6.43 Å². The summed E-state index contributed by atoms with van der Waals surface area (Å²) in [6.07, 6.45) is -1.92. The Kier molecular flexibility index (Phi) is 3.06. The van der Waals surface area contributed by atoms with Gasteiger partial charge in [0, 0.05) is 6.20 Å². The highest BCUT2D eigenvalue weighted by molar-refractivity contribution is 5.36. The number of methoxy groups -OCH3 is 2. The van der Waals surface area contributed by atoms with Crippen molar-refractivity contribution in [3.8, 4) is 11.6 Å². The maximum atomic E-state index is 12.3. The van der Waals surface area contributed by atoms with Crippen LogP contribution in [0, 0.1) is 0 Å². The van der Waals surface area contributed by atoms with Gasteiger partial charge in [-0.3, -0.25) is 4.79 Å². The van der Waals surface area contributed by atoms with Gasteiger partial charge in [0.2, 0.25) is 17.1 Å². The molecule has 4 nitrogen and oxygen atoms in total. The second-order valence-electron chi connectivity index (χ2n) is 2.44. The molecule has 14 heavy (non-hydrogen) atoms. The molecular weight excluding hydrogens is 196 g/mol. The predicted octanol–water partition coefficient (Wildman–Crippen LogP) is 1.33. The molecule has 6 heteroatoms. The molecule has 1 aromatic rings. The van der Waals surface area contributed by atoms with Crippen molar-refractivity contribution in [3.63, 3.8) is 0 Å². The van der Waals surface area contributed by atoms with Gasteiger partial charge in [-0.2, -0.15) is 0 Å². The van der Waals surface area contributed by atoms with E-state index in [0.717, 1.165) is 6.20 Å². The van der Waals surface area contributed by atoms with Crippen LogP contribution in [0.2, 0.25) is 0 Å². The normalized spacial score (nSPS) is 10.4. The molecule has 1 N–H and O–H groups in total. The molecule has 0 atom stereocenters. The number of aromatic amines is 1. The molecule has 0 fully saturated rings. The molecular formula is C8H9F2NO3. The number of hydrogen-bond acceptors (Lipinski definition) is 3. The molecule has 0 unspecified atom stereocenters. The summed E-state index contributed by atoms with van der Waals surface area (Å²) < 4.78 is 33.9. The van der Waals surface area contributed by atoms with E-state index in [-0.39, 0.29) is 11.6 Å². The van der Waals surface area contributed by atoms with Gasteiger partial charge < -0.3 is 14.5 Å². The summed E-state index contributed by atoms with van der Waals surface area (Å²) in [6.45, 7) is 0. The van der Waals surface area contributed by atoms with Crippen molar-refractivity contribution in [1.29, 1.82) is 0 Å². The van der Waals surface area contributed by atoms with Crippen molar-refractivity contribution in [2.75, 3.05) is 14.2 Å². The molecule has 1 rings (SSSR count). The quantitative estimate of drug-likeness (QED) is 0.809. The van der Waals surface area contributed by atoms with Crippen LogP contribution < -0.4 is 14.9 Å². The predicted molar refractivity (Wildman–Crippen MR) is 45.1 cm³/mol. The van der Waals surface area contributed by atoms with Crippen LogP contribution in [0.3, 0.4) is 0 Å². The zero-order chi connectivity index (χ0) is 10.7. The lowest BCUT2D eigenvalue weighted by atomic mass is 10.2. The highest BCUT2D eigenvalue weighted by Gasteiger charge is 2.18. The minimum Gasteiger partial charge on any atom is -0.488 e. The van der Waals surface area contributed by atoms with E-state index in [4.69, 9.17) is 4.74 Å². The van der Waals surface area contributed by atoms with Crippen LogP contribution in [-0.2, 0) is 0 Å². The number of halogens is 2. The number of aromatic nitrogens is 1. The van der Waals surface area contributed by atoms with Gasteiger partial charge in [0.05, 0.1) is 19.8 Å². The second-order valence-corrected chi connectivity index (χ2v) is 2.44. The van der Waals surface area contributed by atoms with Crippen molar-refractivity contribution < 1.29 is 18.3 Å². The average Bonchev–Trinajstić information content (AvgIpc) is 2.16. The minimum absolute atomic E-state index is 0.0295. The van der Waals surface area contributed by atoms with Crippen molar-refractivity contribution in [2.24, 2.45) is 0 Å². The van der Waals surface area contributed by atoms with Gasteiger partial charge >= 0.3 is 0 Å². The Labute approximate surface area is 78.5 Å². The molecule has 0 amide bonds. The fourth-order valence-corrected chi connectivity index (χ4v) is 1.01. The van der Waals surface area contributed by atoms with Crippen molar-refractivity contribution in [3.05, 3.63) is 22.0 Å². The third-order valence-electron chi connectivity index (χ3n) is 1.68. The maximum absolute atomic E-state index is 12.3. The summed E-state index contributed by atoms with van der Waals surface area (Å²) in [7, 11) is 2.51. The molecule has 0 saturated heterocycles. The van der Waals surface area contributed by atoms with Gasteiger partial charge in [-0.1, -0.05) is 0 Å². The zero-order valence-corrected chi connectivity index (χ0v) is 7.64. The number of nitrogens with one attached hydrogen (secondary N) is 1. The molecule has 0 bridgehead atoms. The Morgan fingerprint density at radius 1 is 1.36 bits per heavy atom. The first-order valence-corrected chi connectivity index (χ1v) is 3.73.